The molecule has 9 heteroatoms. The van der Waals surface area contributed by atoms with Gasteiger partial charge in [-0.3, -0.25) is 4.79 Å². The van der Waals surface area contributed by atoms with Crippen molar-refractivity contribution in [2.75, 3.05) is 12.0 Å². The van der Waals surface area contributed by atoms with Crippen LogP contribution >= 0.6 is 0 Å². The molecule has 0 N–H and O–H groups in total. The molecule has 3 rings (SSSR count). The lowest BCUT2D eigenvalue weighted by molar-refractivity contribution is -0.736. The summed E-state index contributed by atoms with van der Waals surface area (Å²) in [6, 6.07) is 6.75. The minimum Gasteiger partial charge on any atom is -0.359 e. The molecule has 0 saturated heterocycles. The lowest BCUT2D eigenvalue weighted by Gasteiger charge is -2.26. The molecule has 9 nitrogen and oxygen atoms in total. The highest BCUT2D eigenvalue weighted by Gasteiger charge is 2.34. The van der Waals surface area contributed by atoms with E-state index in [0.29, 0.717) is 33.7 Å². The summed E-state index contributed by atoms with van der Waals surface area (Å²) >= 11 is 0. The molecule has 0 radical (unpaired) electrons. The molecule has 0 atom stereocenters. The van der Waals surface area contributed by atoms with Crippen LogP contribution in [-0.4, -0.2) is 32.6 Å². The highest BCUT2D eigenvalue weighted by molar-refractivity contribution is 6.02. The van der Waals surface area contributed by atoms with Gasteiger partial charge in [0.15, 0.2) is 12.9 Å². The molecule has 0 unspecified atom stereocenters. The predicted molar refractivity (Wildman–Crippen MR) is 124 cm³/mol. The fraction of sp³-hybridized carbons (Fsp3) is 0.522. The van der Waals surface area contributed by atoms with Gasteiger partial charge in [-0.05, 0) is 6.07 Å². The maximum Gasteiger partial charge on any atom is 0.319 e. The van der Waals surface area contributed by atoms with Gasteiger partial charge in [-0.1, -0.05) is 60.0 Å². The van der Waals surface area contributed by atoms with E-state index in [0.717, 1.165) is 5.52 Å². The molecule has 174 valence electrons. The Labute approximate surface area is 188 Å². The summed E-state index contributed by atoms with van der Waals surface area (Å²) in [5.74, 6) is 1.38. The first-order valence-corrected chi connectivity index (χ1v) is 10.7. The molecule has 2 heterocycles. The molecule has 32 heavy (non-hydrogen) atoms. The minimum atomic E-state index is -0.678. The third kappa shape index (κ3) is 5.15. The van der Waals surface area contributed by atoms with Gasteiger partial charge in [0.2, 0.25) is 11.9 Å². The van der Waals surface area contributed by atoms with Crippen LogP contribution in [0, 0.1) is 10.3 Å². The SMILES string of the molecule is CCC.CO[N+](=O)c1ccc2c(c1)nc(N(C(=O)C(C)(C)C)c1cc(C(C)C)on1)n2C. The minimum absolute atomic E-state index is 0.128. The van der Waals surface area contributed by atoms with Crippen LogP contribution in [0.5, 0.6) is 0 Å². The van der Waals surface area contributed by atoms with Crippen LogP contribution in [0.25, 0.3) is 11.0 Å². The second kappa shape index (κ2) is 9.93. The summed E-state index contributed by atoms with van der Waals surface area (Å²) in [6.07, 6.45) is 1.25. The van der Waals surface area contributed by atoms with E-state index in [2.05, 4.69) is 24.0 Å². The quantitative estimate of drug-likeness (QED) is 0.463. The largest absolute Gasteiger partial charge is 0.359 e. The number of fused-ring (bicyclic) bond motifs is 1. The maximum atomic E-state index is 13.3. The molecular weight excluding hydrogens is 410 g/mol. The predicted octanol–water partition coefficient (Wildman–Crippen LogP) is 5.78. The smallest absolute Gasteiger partial charge is 0.319 e. The van der Waals surface area contributed by atoms with E-state index in [1.54, 1.807) is 28.8 Å². The number of nitrogens with zero attached hydrogens (tertiary/aromatic N) is 5. The monoisotopic (exact) mass is 444 g/mol. The van der Waals surface area contributed by atoms with Crippen molar-refractivity contribution in [3.63, 3.8) is 0 Å². The molecule has 2 aromatic heterocycles. The van der Waals surface area contributed by atoms with Gasteiger partial charge >= 0.3 is 5.69 Å². The number of carbonyl (C=O) groups excluding carboxylic acids is 1. The molecule has 0 bridgehead atoms. The number of hydrogen-bond acceptors (Lipinski definition) is 6. The summed E-state index contributed by atoms with van der Waals surface area (Å²) in [5, 5.41) is 4.12. The van der Waals surface area contributed by atoms with Gasteiger partial charge in [-0.25, -0.2) is 14.7 Å². The Morgan fingerprint density at radius 3 is 2.38 bits per heavy atom. The van der Waals surface area contributed by atoms with Crippen molar-refractivity contribution in [3.8, 4) is 0 Å². The van der Waals surface area contributed by atoms with Crippen molar-refractivity contribution in [1.82, 2.24) is 14.7 Å². The fourth-order valence-corrected chi connectivity index (χ4v) is 2.88. The van der Waals surface area contributed by atoms with E-state index < -0.39 is 5.41 Å². The number of rotatable bonds is 5. The lowest BCUT2D eigenvalue weighted by Crippen LogP contribution is -2.37. The summed E-state index contributed by atoms with van der Waals surface area (Å²) in [5.41, 5.74) is 0.939. The molecule has 1 aromatic carbocycles. The molecule has 0 fully saturated rings. The van der Waals surface area contributed by atoms with Gasteiger partial charge < -0.3 is 9.09 Å². The van der Waals surface area contributed by atoms with Gasteiger partial charge in [0.05, 0.1) is 15.9 Å². The third-order valence-electron chi connectivity index (χ3n) is 4.58. The van der Waals surface area contributed by atoms with Gasteiger partial charge in [0.25, 0.3) is 4.92 Å². The molecular formula is C23H34N5O4+. The number of aromatic nitrogens is 3. The lowest BCUT2D eigenvalue weighted by atomic mass is 9.95. The summed E-state index contributed by atoms with van der Waals surface area (Å²) < 4.78 is 7.21. The first-order chi connectivity index (χ1) is 15.0. The Hall–Kier alpha value is -3.23. The Bertz CT molecular complexity index is 1090. The molecule has 3 aromatic rings. The fourth-order valence-electron chi connectivity index (χ4n) is 2.88. The Morgan fingerprint density at radius 1 is 1.25 bits per heavy atom. The Balaban J connectivity index is 0.00000114. The number of hydrogen-bond donors (Lipinski definition) is 0. The molecule has 0 aliphatic rings. The normalized spacial score (nSPS) is 11.3. The molecule has 0 aliphatic heterocycles. The van der Waals surface area contributed by atoms with E-state index >= 15 is 0 Å². The summed E-state index contributed by atoms with van der Waals surface area (Å²) in [4.78, 5) is 36.3. The standard InChI is InChI=1S/C20H26N5O4.C3H8/c1-12(2)16-11-17(22-29-16)24(18(26)20(3,4)5)19-21-14-10-13(25(27)28-7)8-9-15(14)23(19)6;1-3-2/h8-12H,1-7H3;3H2,1-2H3/q+1;. The molecule has 0 saturated carbocycles. The van der Waals surface area contributed by atoms with Crippen LogP contribution in [0.1, 0.15) is 66.6 Å². The van der Waals surface area contributed by atoms with Gasteiger partial charge in [-0.2, -0.15) is 0 Å². The molecule has 0 spiro atoms. The van der Waals surface area contributed by atoms with Gasteiger partial charge in [-0.15, -0.1) is 0 Å². The van der Waals surface area contributed by atoms with Crippen molar-refractivity contribution < 1.29 is 19.1 Å². The Kier molecular flexibility index (Phi) is 7.77. The Morgan fingerprint density at radius 2 is 1.88 bits per heavy atom. The van der Waals surface area contributed by atoms with Crippen molar-refractivity contribution in [2.45, 2.75) is 60.8 Å². The van der Waals surface area contributed by atoms with Crippen molar-refractivity contribution in [1.29, 1.82) is 0 Å². The number of anilines is 2. The maximum absolute atomic E-state index is 13.3. The van der Waals surface area contributed by atoms with E-state index in [9.17, 15) is 9.70 Å². The molecule has 0 aliphatic carbocycles. The van der Waals surface area contributed by atoms with Crippen LogP contribution in [0.2, 0.25) is 0 Å². The number of carbonyl (C=O) groups is 1. The van der Waals surface area contributed by atoms with Crippen LogP contribution < -0.4 is 4.90 Å². The van der Waals surface area contributed by atoms with E-state index in [-0.39, 0.29) is 11.8 Å². The second-order valence-electron chi connectivity index (χ2n) is 8.92. The van der Waals surface area contributed by atoms with Crippen LogP contribution in [0.4, 0.5) is 17.5 Å². The average Bonchev–Trinajstić information content (AvgIpc) is 3.33. The zero-order valence-electron chi connectivity index (χ0n) is 20.5. The van der Waals surface area contributed by atoms with Crippen LogP contribution in [0.15, 0.2) is 28.8 Å². The van der Waals surface area contributed by atoms with E-state index in [4.69, 9.17) is 9.36 Å². The summed E-state index contributed by atoms with van der Waals surface area (Å²) in [7, 11) is 3.10. The number of amides is 1. The number of benzene rings is 1. The second-order valence-corrected chi connectivity index (χ2v) is 8.92. The first kappa shape index (κ1) is 25.0. The first-order valence-electron chi connectivity index (χ1n) is 10.7. The zero-order valence-corrected chi connectivity index (χ0v) is 20.5. The zero-order chi connectivity index (χ0) is 24.2. The highest BCUT2D eigenvalue weighted by Crippen LogP contribution is 2.34. The third-order valence-corrected chi connectivity index (χ3v) is 4.58. The van der Waals surface area contributed by atoms with Crippen molar-refractivity contribution in [3.05, 3.63) is 34.9 Å². The van der Waals surface area contributed by atoms with Gasteiger partial charge in [0.1, 0.15) is 5.76 Å². The topological polar surface area (TPSA) is 93.5 Å². The number of aryl methyl sites for hydroxylation is 1. The van der Waals surface area contributed by atoms with Crippen LogP contribution in [0.3, 0.4) is 0 Å². The highest BCUT2D eigenvalue weighted by atomic mass is 16.8. The average molecular weight is 445 g/mol. The summed E-state index contributed by atoms with van der Waals surface area (Å²) in [6.45, 7) is 13.7. The van der Waals surface area contributed by atoms with E-state index in [1.807, 2.05) is 41.7 Å². The van der Waals surface area contributed by atoms with Gasteiger partial charge in [0, 0.05) is 36.6 Å². The number of imidazole rings is 1. The molecule has 1 amide bonds. The van der Waals surface area contributed by atoms with Crippen molar-refractivity contribution >= 4 is 34.4 Å². The van der Waals surface area contributed by atoms with E-state index in [1.165, 1.54) is 18.4 Å². The van der Waals surface area contributed by atoms with Crippen LogP contribution in [-0.2, 0) is 16.7 Å². The van der Waals surface area contributed by atoms with Crippen molar-refractivity contribution in [2.24, 2.45) is 12.5 Å².